The predicted octanol–water partition coefficient (Wildman–Crippen LogP) is 3.68. The van der Waals surface area contributed by atoms with Crippen LogP contribution in [0.1, 0.15) is 23.6 Å². The molecule has 0 aliphatic carbocycles. The van der Waals surface area contributed by atoms with Crippen LogP contribution in [0.2, 0.25) is 0 Å². The van der Waals surface area contributed by atoms with Gasteiger partial charge < -0.3 is 10.1 Å². The number of benzene rings is 2. The van der Waals surface area contributed by atoms with Gasteiger partial charge >= 0.3 is 0 Å². The summed E-state index contributed by atoms with van der Waals surface area (Å²) >= 11 is 0. The molecule has 0 spiro atoms. The smallest absolute Gasteiger partial charge is 0.119 e. The minimum atomic E-state index is 0.616. The first-order valence-corrected chi connectivity index (χ1v) is 6.76. The van der Waals surface area contributed by atoms with Crippen LogP contribution in [0.4, 0.5) is 0 Å². The van der Waals surface area contributed by atoms with E-state index in [2.05, 4.69) is 55.6 Å². The van der Waals surface area contributed by atoms with Crippen molar-refractivity contribution in [1.29, 1.82) is 0 Å². The minimum absolute atomic E-state index is 0.616. The molecule has 0 unspecified atom stereocenters. The van der Waals surface area contributed by atoms with E-state index in [1.807, 2.05) is 12.1 Å². The van der Waals surface area contributed by atoms with Gasteiger partial charge in [-0.2, -0.15) is 0 Å². The van der Waals surface area contributed by atoms with Crippen molar-refractivity contribution in [2.75, 3.05) is 6.54 Å². The lowest BCUT2D eigenvalue weighted by atomic mass is 10.1. The van der Waals surface area contributed by atoms with Crippen LogP contribution in [0.15, 0.2) is 48.5 Å². The normalized spacial score (nSPS) is 10.4. The van der Waals surface area contributed by atoms with Gasteiger partial charge in [-0.05, 0) is 36.7 Å². The molecular formula is C17H21NO. The molecule has 19 heavy (non-hydrogen) atoms. The average Bonchev–Trinajstić information content (AvgIpc) is 2.45. The summed E-state index contributed by atoms with van der Waals surface area (Å²) in [5.41, 5.74) is 3.79. The third-order valence-electron chi connectivity index (χ3n) is 3.10. The second-order valence-corrected chi connectivity index (χ2v) is 4.65. The lowest BCUT2D eigenvalue weighted by molar-refractivity contribution is 0.304. The molecule has 0 fully saturated rings. The van der Waals surface area contributed by atoms with Gasteiger partial charge in [0, 0.05) is 6.54 Å². The molecule has 0 saturated heterocycles. The van der Waals surface area contributed by atoms with Gasteiger partial charge in [0.15, 0.2) is 0 Å². The average molecular weight is 255 g/mol. The zero-order valence-corrected chi connectivity index (χ0v) is 11.6. The largest absolute Gasteiger partial charge is 0.489 e. The van der Waals surface area contributed by atoms with Gasteiger partial charge in [0.25, 0.3) is 0 Å². The number of hydrogen-bond acceptors (Lipinski definition) is 2. The summed E-state index contributed by atoms with van der Waals surface area (Å²) in [7, 11) is 0. The standard InChI is InChI=1S/C17H21NO/c1-3-18-12-15-6-4-5-7-16(15)13-19-17-10-8-14(2)9-11-17/h4-11,18H,3,12-13H2,1-2H3. The third-order valence-corrected chi connectivity index (χ3v) is 3.10. The molecule has 100 valence electrons. The Labute approximate surface area is 115 Å². The predicted molar refractivity (Wildman–Crippen MR) is 79.3 cm³/mol. The van der Waals surface area contributed by atoms with E-state index in [4.69, 9.17) is 4.74 Å². The Morgan fingerprint density at radius 2 is 1.63 bits per heavy atom. The monoisotopic (exact) mass is 255 g/mol. The fourth-order valence-electron chi connectivity index (χ4n) is 1.93. The molecule has 0 amide bonds. The Morgan fingerprint density at radius 3 is 2.32 bits per heavy atom. The van der Waals surface area contributed by atoms with E-state index >= 15 is 0 Å². The van der Waals surface area contributed by atoms with Gasteiger partial charge in [0.1, 0.15) is 12.4 Å². The van der Waals surface area contributed by atoms with E-state index in [9.17, 15) is 0 Å². The first-order chi connectivity index (χ1) is 9.29. The van der Waals surface area contributed by atoms with Crippen molar-refractivity contribution in [3.63, 3.8) is 0 Å². The quantitative estimate of drug-likeness (QED) is 0.850. The SMILES string of the molecule is CCNCc1ccccc1COc1ccc(C)cc1. The van der Waals surface area contributed by atoms with Crippen molar-refractivity contribution in [2.45, 2.75) is 27.0 Å². The Hall–Kier alpha value is -1.80. The van der Waals surface area contributed by atoms with Gasteiger partial charge in [0.2, 0.25) is 0 Å². The number of ether oxygens (including phenoxy) is 1. The summed E-state index contributed by atoms with van der Waals surface area (Å²) in [6, 6.07) is 16.6. The third kappa shape index (κ3) is 4.11. The highest BCUT2D eigenvalue weighted by molar-refractivity contribution is 5.29. The molecular weight excluding hydrogens is 234 g/mol. The highest BCUT2D eigenvalue weighted by Crippen LogP contribution is 2.15. The number of nitrogens with one attached hydrogen (secondary N) is 1. The Bertz CT molecular complexity index is 505. The molecule has 0 aliphatic heterocycles. The van der Waals surface area contributed by atoms with Gasteiger partial charge in [-0.1, -0.05) is 48.9 Å². The van der Waals surface area contributed by atoms with E-state index in [0.29, 0.717) is 6.61 Å². The summed E-state index contributed by atoms with van der Waals surface area (Å²) in [6.45, 7) is 6.68. The van der Waals surface area contributed by atoms with Crippen molar-refractivity contribution in [3.8, 4) is 5.75 Å². The number of hydrogen-bond donors (Lipinski definition) is 1. The highest BCUT2D eigenvalue weighted by Gasteiger charge is 2.02. The lowest BCUT2D eigenvalue weighted by Gasteiger charge is -2.11. The van der Waals surface area contributed by atoms with Gasteiger partial charge in [-0.3, -0.25) is 0 Å². The van der Waals surface area contributed by atoms with Crippen molar-refractivity contribution in [3.05, 3.63) is 65.2 Å². The second kappa shape index (κ2) is 6.95. The van der Waals surface area contributed by atoms with Gasteiger partial charge in [-0.25, -0.2) is 0 Å². The van der Waals surface area contributed by atoms with Crippen LogP contribution >= 0.6 is 0 Å². The van der Waals surface area contributed by atoms with E-state index in [-0.39, 0.29) is 0 Å². The zero-order valence-electron chi connectivity index (χ0n) is 11.6. The maximum Gasteiger partial charge on any atom is 0.119 e. The van der Waals surface area contributed by atoms with Crippen LogP contribution in [0, 0.1) is 6.92 Å². The molecule has 2 aromatic carbocycles. The first-order valence-electron chi connectivity index (χ1n) is 6.76. The molecule has 0 heterocycles. The van der Waals surface area contributed by atoms with Crippen LogP contribution in [-0.4, -0.2) is 6.54 Å². The van der Waals surface area contributed by atoms with Crippen molar-refractivity contribution >= 4 is 0 Å². The molecule has 0 atom stereocenters. The first kappa shape index (κ1) is 13.6. The van der Waals surface area contributed by atoms with Crippen LogP contribution in [0.3, 0.4) is 0 Å². The molecule has 0 bridgehead atoms. The van der Waals surface area contributed by atoms with Crippen LogP contribution in [0.5, 0.6) is 5.75 Å². The molecule has 1 N–H and O–H groups in total. The zero-order chi connectivity index (χ0) is 13.5. The summed E-state index contributed by atoms with van der Waals surface area (Å²) in [6.07, 6.45) is 0. The maximum atomic E-state index is 5.84. The van der Waals surface area contributed by atoms with E-state index in [1.54, 1.807) is 0 Å². The van der Waals surface area contributed by atoms with E-state index in [0.717, 1.165) is 18.8 Å². The molecule has 0 saturated carbocycles. The Kier molecular flexibility index (Phi) is 4.99. The molecule has 2 heteroatoms. The molecule has 2 rings (SSSR count). The summed E-state index contributed by atoms with van der Waals surface area (Å²) < 4.78 is 5.84. The van der Waals surface area contributed by atoms with Gasteiger partial charge in [0.05, 0.1) is 0 Å². The minimum Gasteiger partial charge on any atom is -0.489 e. The maximum absolute atomic E-state index is 5.84. The van der Waals surface area contributed by atoms with Gasteiger partial charge in [-0.15, -0.1) is 0 Å². The lowest BCUT2D eigenvalue weighted by Crippen LogP contribution is -2.13. The number of rotatable bonds is 6. The topological polar surface area (TPSA) is 21.3 Å². The molecule has 0 aliphatic rings. The summed E-state index contributed by atoms with van der Waals surface area (Å²) in [5, 5.41) is 3.36. The second-order valence-electron chi connectivity index (χ2n) is 4.65. The molecule has 2 aromatic rings. The fraction of sp³-hybridized carbons (Fsp3) is 0.294. The van der Waals surface area contributed by atoms with E-state index < -0.39 is 0 Å². The van der Waals surface area contributed by atoms with Crippen LogP contribution in [-0.2, 0) is 13.2 Å². The molecule has 0 radical (unpaired) electrons. The Balaban J connectivity index is 2.00. The van der Waals surface area contributed by atoms with Crippen molar-refractivity contribution < 1.29 is 4.74 Å². The van der Waals surface area contributed by atoms with Crippen molar-refractivity contribution in [1.82, 2.24) is 5.32 Å². The summed E-state index contributed by atoms with van der Waals surface area (Å²) in [4.78, 5) is 0. The van der Waals surface area contributed by atoms with Crippen LogP contribution in [0.25, 0.3) is 0 Å². The molecule has 0 aromatic heterocycles. The van der Waals surface area contributed by atoms with Crippen molar-refractivity contribution in [2.24, 2.45) is 0 Å². The fourth-order valence-corrected chi connectivity index (χ4v) is 1.93. The number of aryl methyl sites for hydroxylation is 1. The molecule has 2 nitrogen and oxygen atoms in total. The Morgan fingerprint density at radius 1 is 0.947 bits per heavy atom. The summed E-state index contributed by atoms with van der Waals surface area (Å²) in [5.74, 6) is 0.920. The van der Waals surface area contributed by atoms with E-state index in [1.165, 1.54) is 16.7 Å². The van der Waals surface area contributed by atoms with Crippen LogP contribution < -0.4 is 10.1 Å². The highest BCUT2D eigenvalue weighted by atomic mass is 16.5.